The number of aliphatic hydroxyl groups excluding tert-OH is 1. The molecule has 3 N–H and O–H groups in total. The van der Waals surface area contributed by atoms with Crippen molar-refractivity contribution >= 4 is 28.2 Å². The number of nitrogens with one attached hydrogen (secondary N) is 2. The molecule has 0 radical (unpaired) electrons. The summed E-state index contributed by atoms with van der Waals surface area (Å²) < 4.78 is 7.10. The maximum atomic E-state index is 13.3. The molecular weight excluding hydrogens is 398 g/mol. The van der Waals surface area contributed by atoms with Crippen molar-refractivity contribution in [3.05, 3.63) is 47.3 Å². The highest BCUT2D eigenvalue weighted by atomic mass is 16.5. The molecule has 164 valence electrons. The van der Waals surface area contributed by atoms with Crippen LogP contribution in [0.15, 0.2) is 41.7 Å². The van der Waals surface area contributed by atoms with Crippen LogP contribution in [0.4, 0.5) is 17.5 Å². The summed E-state index contributed by atoms with van der Waals surface area (Å²) in [6.07, 6.45) is 6.59. The topological polar surface area (TPSA) is 117 Å². The maximum absolute atomic E-state index is 13.3. The predicted molar refractivity (Wildman–Crippen MR) is 119 cm³/mol. The second-order valence-corrected chi connectivity index (χ2v) is 7.53. The van der Waals surface area contributed by atoms with Gasteiger partial charge in [-0.3, -0.25) is 14.7 Å². The molecule has 0 aromatic carbocycles. The number of aromatic nitrogens is 4. The van der Waals surface area contributed by atoms with Crippen molar-refractivity contribution in [2.45, 2.75) is 19.5 Å². The molecule has 0 spiro atoms. The number of anilines is 3. The third-order valence-corrected chi connectivity index (χ3v) is 5.20. The van der Waals surface area contributed by atoms with E-state index in [1.165, 1.54) is 0 Å². The summed E-state index contributed by atoms with van der Waals surface area (Å²) in [5, 5.41) is 17.0. The van der Waals surface area contributed by atoms with Gasteiger partial charge in [-0.25, -0.2) is 9.97 Å². The number of hydrogen-bond acceptors (Lipinski definition) is 9. The highest BCUT2D eigenvalue weighted by Crippen LogP contribution is 2.24. The summed E-state index contributed by atoms with van der Waals surface area (Å²) >= 11 is 0. The van der Waals surface area contributed by atoms with Crippen molar-refractivity contribution in [2.75, 3.05) is 50.1 Å². The predicted octanol–water partition coefficient (Wildman–Crippen LogP) is 1.05. The van der Waals surface area contributed by atoms with Crippen molar-refractivity contribution < 1.29 is 9.84 Å². The molecule has 0 bridgehead atoms. The molecule has 1 aliphatic rings. The van der Waals surface area contributed by atoms with Crippen LogP contribution in [0.3, 0.4) is 0 Å². The minimum atomic E-state index is -0.260. The average Bonchev–Trinajstić information content (AvgIpc) is 2.79. The normalized spacial score (nSPS) is 15.7. The molecule has 3 aromatic rings. The molecule has 4 rings (SSSR count). The van der Waals surface area contributed by atoms with Crippen LogP contribution in [0, 0.1) is 0 Å². The van der Waals surface area contributed by atoms with Gasteiger partial charge in [0.2, 0.25) is 0 Å². The van der Waals surface area contributed by atoms with Gasteiger partial charge in [0.1, 0.15) is 17.5 Å². The zero-order chi connectivity index (χ0) is 21.6. The van der Waals surface area contributed by atoms with E-state index in [0.717, 1.165) is 38.2 Å². The van der Waals surface area contributed by atoms with Gasteiger partial charge in [0, 0.05) is 50.8 Å². The SMILES string of the molecule is C[C@@H](CO)Nc1nc(Nc2cnccn2)cc2ccn(CCN3CCOCC3)c(=O)c12. The first-order chi connectivity index (χ1) is 15.1. The molecular formula is C21H27N7O3. The lowest BCUT2D eigenvalue weighted by Crippen LogP contribution is -2.39. The summed E-state index contributed by atoms with van der Waals surface area (Å²) in [4.78, 5) is 28.4. The van der Waals surface area contributed by atoms with Crippen LogP contribution in [-0.4, -0.2) is 75.0 Å². The van der Waals surface area contributed by atoms with Gasteiger partial charge in [0.15, 0.2) is 0 Å². The van der Waals surface area contributed by atoms with Gasteiger partial charge < -0.3 is 25.0 Å². The molecule has 1 saturated heterocycles. The van der Waals surface area contributed by atoms with Gasteiger partial charge in [-0.05, 0) is 24.4 Å². The summed E-state index contributed by atoms with van der Waals surface area (Å²) in [5.74, 6) is 1.51. The molecule has 1 fully saturated rings. The molecule has 3 aromatic heterocycles. The van der Waals surface area contributed by atoms with Gasteiger partial charge >= 0.3 is 0 Å². The first-order valence-electron chi connectivity index (χ1n) is 10.4. The Labute approximate surface area is 179 Å². The molecule has 0 aliphatic carbocycles. The molecule has 0 unspecified atom stereocenters. The summed E-state index contributed by atoms with van der Waals surface area (Å²) in [7, 11) is 0. The molecule has 10 heteroatoms. The van der Waals surface area contributed by atoms with Crippen LogP contribution in [0.2, 0.25) is 0 Å². The largest absolute Gasteiger partial charge is 0.394 e. The Morgan fingerprint density at radius 3 is 2.81 bits per heavy atom. The Morgan fingerprint density at radius 2 is 2.06 bits per heavy atom. The molecule has 10 nitrogen and oxygen atoms in total. The Morgan fingerprint density at radius 1 is 1.23 bits per heavy atom. The lowest BCUT2D eigenvalue weighted by Gasteiger charge is -2.26. The number of fused-ring (bicyclic) bond motifs is 1. The van der Waals surface area contributed by atoms with E-state index in [-0.39, 0.29) is 18.2 Å². The van der Waals surface area contributed by atoms with E-state index in [4.69, 9.17) is 4.74 Å². The Hall–Kier alpha value is -3.08. The number of nitrogens with zero attached hydrogens (tertiary/aromatic N) is 5. The molecule has 1 atom stereocenters. The first-order valence-corrected chi connectivity index (χ1v) is 10.4. The van der Waals surface area contributed by atoms with Gasteiger partial charge in [-0.1, -0.05) is 0 Å². The molecule has 31 heavy (non-hydrogen) atoms. The molecule has 4 heterocycles. The third kappa shape index (κ3) is 5.16. The maximum Gasteiger partial charge on any atom is 0.262 e. The highest BCUT2D eigenvalue weighted by Gasteiger charge is 2.15. The van der Waals surface area contributed by atoms with Crippen molar-refractivity contribution in [1.82, 2.24) is 24.4 Å². The van der Waals surface area contributed by atoms with E-state index in [9.17, 15) is 9.90 Å². The standard InChI is InChI=1S/C21H27N7O3/c1-15(14-29)24-20-19-16(12-17(26-20)25-18-13-22-3-4-23-18)2-5-28(21(19)30)7-6-27-8-10-31-11-9-27/h2-5,12-13,15,29H,6-11,14H2,1H3,(H2,23,24,25,26)/t15-/m0/s1. The molecule has 0 saturated carbocycles. The Bertz CT molecular complexity index is 1070. The number of hydrogen-bond donors (Lipinski definition) is 3. The van der Waals surface area contributed by atoms with E-state index < -0.39 is 0 Å². The fourth-order valence-electron chi connectivity index (χ4n) is 3.49. The van der Waals surface area contributed by atoms with E-state index in [0.29, 0.717) is 29.4 Å². The number of ether oxygens (including phenoxy) is 1. The van der Waals surface area contributed by atoms with Crippen molar-refractivity contribution in [1.29, 1.82) is 0 Å². The number of pyridine rings is 2. The monoisotopic (exact) mass is 425 g/mol. The minimum Gasteiger partial charge on any atom is -0.394 e. The highest BCUT2D eigenvalue weighted by molar-refractivity contribution is 5.93. The second kappa shape index (κ2) is 9.82. The van der Waals surface area contributed by atoms with E-state index >= 15 is 0 Å². The molecule has 1 aliphatic heterocycles. The van der Waals surface area contributed by atoms with Crippen LogP contribution in [0.1, 0.15) is 6.92 Å². The Kier molecular flexibility index (Phi) is 6.70. The van der Waals surface area contributed by atoms with Crippen LogP contribution in [-0.2, 0) is 11.3 Å². The fraction of sp³-hybridized carbons (Fsp3) is 0.429. The minimum absolute atomic E-state index is 0.0803. The quantitative estimate of drug-likeness (QED) is 0.487. The van der Waals surface area contributed by atoms with E-state index in [1.807, 2.05) is 25.3 Å². The van der Waals surface area contributed by atoms with Gasteiger partial charge in [-0.15, -0.1) is 0 Å². The van der Waals surface area contributed by atoms with Crippen LogP contribution < -0.4 is 16.2 Å². The zero-order valence-corrected chi connectivity index (χ0v) is 17.5. The van der Waals surface area contributed by atoms with Crippen molar-refractivity contribution in [3.63, 3.8) is 0 Å². The van der Waals surface area contributed by atoms with Crippen LogP contribution in [0.25, 0.3) is 10.8 Å². The summed E-state index contributed by atoms with van der Waals surface area (Å²) in [6.45, 7) is 6.33. The summed E-state index contributed by atoms with van der Waals surface area (Å²) in [5.41, 5.74) is -0.114. The number of morpholine rings is 1. The zero-order valence-electron chi connectivity index (χ0n) is 17.5. The van der Waals surface area contributed by atoms with Crippen molar-refractivity contribution in [2.24, 2.45) is 0 Å². The van der Waals surface area contributed by atoms with E-state index in [1.54, 1.807) is 23.2 Å². The third-order valence-electron chi connectivity index (χ3n) is 5.20. The van der Waals surface area contributed by atoms with E-state index in [2.05, 4.69) is 30.5 Å². The first kappa shape index (κ1) is 21.2. The lowest BCUT2D eigenvalue weighted by atomic mass is 10.2. The van der Waals surface area contributed by atoms with Gasteiger partial charge in [-0.2, -0.15) is 0 Å². The van der Waals surface area contributed by atoms with Crippen LogP contribution in [0.5, 0.6) is 0 Å². The van der Waals surface area contributed by atoms with Gasteiger partial charge in [0.05, 0.1) is 31.4 Å². The van der Waals surface area contributed by atoms with Crippen LogP contribution >= 0.6 is 0 Å². The van der Waals surface area contributed by atoms with Crippen molar-refractivity contribution in [3.8, 4) is 0 Å². The average molecular weight is 425 g/mol. The number of rotatable bonds is 8. The lowest BCUT2D eigenvalue weighted by molar-refractivity contribution is 0.0363. The smallest absolute Gasteiger partial charge is 0.262 e. The Balaban J connectivity index is 1.66. The fourth-order valence-corrected chi connectivity index (χ4v) is 3.49. The van der Waals surface area contributed by atoms with Gasteiger partial charge in [0.25, 0.3) is 5.56 Å². The molecule has 0 amide bonds. The second-order valence-electron chi connectivity index (χ2n) is 7.53. The summed E-state index contributed by atoms with van der Waals surface area (Å²) in [6, 6.07) is 3.46. The number of aliphatic hydroxyl groups is 1.